The number of para-hydroxylation sites is 1. The molecule has 2 heteroatoms. The molecular weight excluding hydrogens is 234 g/mol. The van der Waals surface area contributed by atoms with E-state index >= 15 is 0 Å². The van der Waals surface area contributed by atoms with Gasteiger partial charge in [-0.1, -0.05) is 43.4 Å². The highest BCUT2D eigenvalue weighted by atomic mass is 16.1. The molecule has 0 aliphatic rings. The number of carbonyl (C=O) groups excluding carboxylic acids is 1. The normalized spacial score (nSPS) is 11.5. The molecule has 0 aromatic heterocycles. The molecule has 1 N–H and O–H groups in total. The third kappa shape index (κ3) is 5.56. The van der Waals surface area contributed by atoms with E-state index in [1.807, 2.05) is 37.3 Å². The monoisotopic (exact) mass is 257 g/mol. The minimum atomic E-state index is -0.0871. The van der Waals surface area contributed by atoms with Crippen LogP contribution in [-0.2, 0) is 4.79 Å². The summed E-state index contributed by atoms with van der Waals surface area (Å²) in [6.07, 6.45) is 4.13. The van der Waals surface area contributed by atoms with Gasteiger partial charge < -0.3 is 5.32 Å². The second-order valence-electron chi connectivity index (χ2n) is 5.11. The molecule has 0 saturated heterocycles. The van der Waals surface area contributed by atoms with Crippen LogP contribution in [0.1, 0.15) is 33.6 Å². The Bertz CT molecular complexity index is 455. The Kier molecular flexibility index (Phi) is 6.07. The van der Waals surface area contributed by atoms with Crippen molar-refractivity contribution in [2.45, 2.75) is 33.6 Å². The Morgan fingerprint density at radius 2 is 1.95 bits per heavy atom. The van der Waals surface area contributed by atoms with Crippen molar-refractivity contribution in [1.82, 2.24) is 0 Å². The average molecular weight is 257 g/mol. The van der Waals surface area contributed by atoms with E-state index in [1.54, 1.807) is 0 Å². The predicted molar refractivity (Wildman–Crippen MR) is 82.0 cm³/mol. The second kappa shape index (κ2) is 7.57. The summed E-state index contributed by atoms with van der Waals surface area (Å²) in [5.41, 5.74) is 2.77. The first kappa shape index (κ1) is 15.2. The molecule has 2 nitrogen and oxygen atoms in total. The summed E-state index contributed by atoms with van der Waals surface area (Å²) >= 11 is 0. The van der Waals surface area contributed by atoms with E-state index in [-0.39, 0.29) is 11.8 Å². The summed E-state index contributed by atoms with van der Waals surface area (Å²) in [6, 6.07) is 9.47. The first-order valence-electron chi connectivity index (χ1n) is 6.69. The fourth-order valence-electron chi connectivity index (χ4n) is 1.75. The Hall–Kier alpha value is -1.83. The van der Waals surface area contributed by atoms with Crippen LogP contribution in [0.5, 0.6) is 0 Å². The van der Waals surface area contributed by atoms with E-state index in [4.69, 9.17) is 0 Å². The van der Waals surface area contributed by atoms with Crippen LogP contribution in [0.4, 0.5) is 5.69 Å². The number of anilines is 1. The van der Waals surface area contributed by atoms with Gasteiger partial charge in [0.1, 0.15) is 0 Å². The van der Waals surface area contributed by atoms with Gasteiger partial charge in [0.2, 0.25) is 0 Å². The maximum atomic E-state index is 12.0. The summed E-state index contributed by atoms with van der Waals surface area (Å²) in [7, 11) is 0. The van der Waals surface area contributed by atoms with E-state index in [0.717, 1.165) is 18.5 Å². The van der Waals surface area contributed by atoms with E-state index < -0.39 is 0 Å². The van der Waals surface area contributed by atoms with Gasteiger partial charge in [-0.05, 0) is 44.7 Å². The third-order valence-electron chi connectivity index (χ3n) is 3.07. The van der Waals surface area contributed by atoms with Crippen molar-refractivity contribution in [1.29, 1.82) is 0 Å². The minimum Gasteiger partial charge on any atom is -0.322 e. The Morgan fingerprint density at radius 3 is 2.53 bits per heavy atom. The van der Waals surface area contributed by atoms with Crippen molar-refractivity contribution in [3.05, 3.63) is 54.1 Å². The lowest BCUT2D eigenvalue weighted by Gasteiger charge is -2.14. The van der Waals surface area contributed by atoms with E-state index in [0.29, 0.717) is 5.57 Å². The van der Waals surface area contributed by atoms with Gasteiger partial charge in [0, 0.05) is 11.3 Å². The summed E-state index contributed by atoms with van der Waals surface area (Å²) in [6.45, 7) is 10.1. The predicted octanol–water partition coefficient (Wildman–Crippen LogP) is 4.56. The van der Waals surface area contributed by atoms with Crippen LogP contribution in [0.25, 0.3) is 0 Å². The molecule has 0 spiro atoms. The molecule has 1 amide bonds. The first-order chi connectivity index (χ1) is 9.00. The molecule has 0 aliphatic heterocycles. The number of rotatable bonds is 6. The third-order valence-corrected chi connectivity index (χ3v) is 3.07. The second-order valence-corrected chi connectivity index (χ2v) is 5.11. The number of benzene rings is 1. The average Bonchev–Trinajstić information content (AvgIpc) is 2.38. The number of carbonyl (C=O) groups is 1. The SMILES string of the molecule is C=C(C(=O)Nc1ccccc1)C(C)CCC=C(C)C. The lowest BCUT2D eigenvalue weighted by molar-refractivity contribution is -0.113. The van der Waals surface area contributed by atoms with Gasteiger partial charge in [-0.3, -0.25) is 4.79 Å². The number of nitrogens with one attached hydrogen (secondary N) is 1. The molecule has 102 valence electrons. The van der Waals surface area contributed by atoms with Crippen LogP contribution < -0.4 is 5.32 Å². The Balaban J connectivity index is 2.48. The quantitative estimate of drug-likeness (QED) is 0.587. The molecule has 1 aromatic carbocycles. The first-order valence-corrected chi connectivity index (χ1v) is 6.69. The van der Waals surface area contributed by atoms with Crippen molar-refractivity contribution < 1.29 is 4.79 Å². The van der Waals surface area contributed by atoms with Crippen LogP contribution in [0.2, 0.25) is 0 Å². The van der Waals surface area contributed by atoms with E-state index in [1.165, 1.54) is 5.57 Å². The van der Waals surface area contributed by atoms with Crippen molar-refractivity contribution in [3.63, 3.8) is 0 Å². The maximum Gasteiger partial charge on any atom is 0.251 e. The Labute approximate surface area is 116 Å². The van der Waals surface area contributed by atoms with Crippen molar-refractivity contribution in [2.24, 2.45) is 5.92 Å². The molecule has 1 unspecified atom stereocenters. The summed E-state index contributed by atoms with van der Waals surface area (Å²) in [5, 5.41) is 2.87. The van der Waals surface area contributed by atoms with Crippen molar-refractivity contribution in [2.75, 3.05) is 5.32 Å². The molecule has 0 aliphatic carbocycles. The molecule has 1 rings (SSSR count). The molecular formula is C17H23NO. The smallest absolute Gasteiger partial charge is 0.251 e. The van der Waals surface area contributed by atoms with Crippen LogP contribution in [-0.4, -0.2) is 5.91 Å². The topological polar surface area (TPSA) is 29.1 Å². The summed E-state index contributed by atoms with van der Waals surface area (Å²) in [5.74, 6) is 0.107. The fourth-order valence-corrected chi connectivity index (χ4v) is 1.75. The molecule has 0 fully saturated rings. The Morgan fingerprint density at radius 1 is 1.32 bits per heavy atom. The zero-order valence-corrected chi connectivity index (χ0v) is 12.1. The lowest BCUT2D eigenvalue weighted by Crippen LogP contribution is -2.18. The number of allylic oxidation sites excluding steroid dienone is 2. The summed E-state index contributed by atoms with van der Waals surface area (Å²) in [4.78, 5) is 12.0. The molecule has 1 aromatic rings. The molecule has 0 radical (unpaired) electrons. The van der Waals surface area contributed by atoms with Crippen molar-refractivity contribution >= 4 is 11.6 Å². The van der Waals surface area contributed by atoms with Crippen LogP contribution in [0.15, 0.2) is 54.1 Å². The van der Waals surface area contributed by atoms with Crippen LogP contribution in [0, 0.1) is 5.92 Å². The van der Waals surface area contributed by atoms with E-state index in [2.05, 4.69) is 31.8 Å². The van der Waals surface area contributed by atoms with Crippen LogP contribution >= 0.6 is 0 Å². The highest BCUT2D eigenvalue weighted by molar-refractivity contribution is 6.03. The number of amides is 1. The van der Waals surface area contributed by atoms with Crippen molar-refractivity contribution in [3.8, 4) is 0 Å². The standard InChI is InChI=1S/C17H23NO/c1-13(2)9-8-10-14(3)15(4)17(19)18-16-11-6-5-7-12-16/h5-7,9,11-12,14H,4,8,10H2,1-3H3,(H,18,19). The number of hydrogen-bond donors (Lipinski definition) is 1. The number of hydrogen-bond acceptors (Lipinski definition) is 1. The van der Waals surface area contributed by atoms with Gasteiger partial charge in [0.25, 0.3) is 5.91 Å². The van der Waals surface area contributed by atoms with Crippen LogP contribution in [0.3, 0.4) is 0 Å². The van der Waals surface area contributed by atoms with Gasteiger partial charge >= 0.3 is 0 Å². The molecule has 1 atom stereocenters. The molecule has 0 saturated carbocycles. The lowest BCUT2D eigenvalue weighted by atomic mass is 9.96. The van der Waals surface area contributed by atoms with Gasteiger partial charge in [0.15, 0.2) is 0 Å². The molecule has 0 bridgehead atoms. The molecule has 0 heterocycles. The molecule has 19 heavy (non-hydrogen) atoms. The maximum absolute atomic E-state index is 12.0. The van der Waals surface area contributed by atoms with Gasteiger partial charge in [0.05, 0.1) is 0 Å². The van der Waals surface area contributed by atoms with E-state index in [9.17, 15) is 4.79 Å². The fraction of sp³-hybridized carbons (Fsp3) is 0.353. The summed E-state index contributed by atoms with van der Waals surface area (Å²) < 4.78 is 0. The van der Waals surface area contributed by atoms with Gasteiger partial charge in [-0.15, -0.1) is 0 Å². The van der Waals surface area contributed by atoms with Gasteiger partial charge in [-0.25, -0.2) is 0 Å². The minimum absolute atomic E-state index is 0.0871. The highest BCUT2D eigenvalue weighted by Crippen LogP contribution is 2.18. The highest BCUT2D eigenvalue weighted by Gasteiger charge is 2.14. The van der Waals surface area contributed by atoms with Gasteiger partial charge in [-0.2, -0.15) is 0 Å². The largest absolute Gasteiger partial charge is 0.322 e. The zero-order chi connectivity index (χ0) is 14.3. The zero-order valence-electron chi connectivity index (χ0n) is 12.1.